The molecular formula is C12H10BrN5. The van der Waals surface area contributed by atoms with Crippen molar-refractivity contribution in [2.75, 3.05) is 12.4 Å². The Hall–Kier alpha value is -1.95. The molecule has 0 unspecified atom stereocenters. The highest BCUT2D eigenvalue weighted by Crippen LogP contribution is 2.23. The van der Waals surface area contributed by atoms with Gasteiger partial charge in [0.05, 0.1) is 15.5 Å². The van der Waals surface area contributed by atoms with Gasteiger partial charge in [-0.2, -0.15) is 4.98 Å². The van der Waals surface area contributed by atoms with Crippen LogP contribution in [0.1, 0.15) is 0 Å². The summed E-state index contributed by atoms with van der Waals surface area (Å²) in [7, 11) is 1.79. The van der Waals surface area contributed by atoms with Crippen LogP contribution >= 0.6 is 15.9 Å². The molecule has 18 heavy (non-hydrogen) atoms. The molecule has 0 aliphatic carbocycles. The van der Waals surface area contributed by atoms with Crippen LogP contribution in [0.15, 0.2) is 41.3 Å². The lowest BCUT2D eigenvalue weighted by Gasteiger charge is -2.07. The van der Waals surface area contributed by atoms with E-state index in [0.29, 0.717) is 5.95 Å². The van der Waals surface area contributed by atoms with Gasteiger partial charge in [0.2, 0.25) is 5.95 Å². The van der Waals surface area contributed by atoms with Crippen LogP contribution in [-0.4, -0.2) is 26.6 Å². The van der Waals surface area contributed by atoms with Crippen molar-refractivity contribution in [3.8, 4) is 5.82 Å². The fourth-order valence-corrected chi connectivity index (χ4v) is 2.16. The number of para-hydroxylation sites is 2. The summed E-state index contributed by atoms with van der Waals surface area (Å²) in [5.41, 5.74) is 1.95. The lowest BCUT2D eigenvalue weighted by molar-refractivity contribution is 0.985. The lowest BCUT2D eigenvalue weighted by Crippen LogP contribution is -2.03. The van der Waals surface area contributed by atoms with Gasteiger partial charge < -0.3 is 5.32 Å². The van der Waals surface area contributed by atoms with Crippen LogP contribution < -0.4 is 5.32 Å². The number of hydrogen-bond acceptors (Lipinski definition) is 4. The molecule has 0 amide bonds. The van der Waals surface area contributed by atoms with Crippen LogP contribution in [0.3, 0.4) is 0 Å². The molecule has 0 saturated heterocycles. The molecule has 0 aliphatic rings. The minimum absolute atomic E-state index is 0.575. The zero-order valence-corrected chi connectivity index (χ0v) is 11.2. The zero-order valence-electron chi connectivity index (χ0n) is 9.63. The molecule has 2 aromatic heterocycles. The molecule has 6 heteroatoms. The highest BCUT2D eigenvalue weighted by Gasteiger charge is 2.10. The average molecular weight is 304 g/mol. The second kappa shape index (κ2) is 4.38. The number of nitrogens with zero attached hydrogens (tertiary/aromatic N) is 4. The van der Waals surface area contributed by atoms with Gasteiger partial charge >= 0.3 is 0 Å². The number of benzene rings is 1. The van der Waals surface area contributed by atoms with Crippen molar-refractivity contribution in [2.24, 2.45) is 0 Å². The first-order chi connectivity index (χ1) is 8.79. The fourth-order valence-electron chi connectivity index (χ4n) is 1.78. The highest BCUT2D eigenvalue weighted by atomic mass is 79.9. The van der Waals surface area contributed by atoms with Gasteiger partial charge in [0.25, 0.3) is 0 Å². The van der Waals surface area contributed by atoms with Gasteiger partial charge in [0.15, 0.2) is 5.82 Å². The number of hydrogen-bond donors (Lipinski definition) is 1. The number of imidazole rings is 1. The number of halogens is 1. The third-order valence-electron chi connectivity index (χ3n) is 2.63. The zero-order chi connectivity index (χ0) is 12.5. The monoisotopic (exact) mass is 303 g/mol. The average Bonchev–Trinajstić information content (AvgIpc) is 2.83. The van der Waals surface area contributed by atoms with Gasteiger partial charge in [0.1, 0.15) is 6.33 Å². The van der Waals surface area contributed by atoms with Crippen molar-refractivity contribution in [2.45, 2.75) is 0 Å². The van der Waals surface area contributed by atoms with E-state index < -0.39 is 0 Å². The number of fused-ring (bicyclic) bond motifs is 1. The molecule has 90 valence electrons. The maximum absolute atomic E-state index is 4.44. The van der Waals surface area contributed by atoms with Crippen LogP contribution in [0.2, 0.25) is 0 Å². The molecule has 1 aromatic carbocycles. The first-order valence-electron chi connectivity index (χ1n) is 5.42. The van der Waals surface area contributed by atoms with Crippen molar-refractivity contribution in [3.63, 3.8) is 0 Å². The molecule has 0 aliphatic heterocycles. The quantitative estimate of drug-likeness (QED) is 0.791. The Balaban J connectivity index is 2.25. The third-order valence-corrected chi connectivity index (χ3v) is 3.19. The van der Waals surface area contributed by atoms with Gasteiger partial charge in [-0.3, -0.25) is 4.57 Å². The molecule has 0 saturated carbocycles. The van der Waals surface area contributed by atoms with Crippen LogP contribution in [0, 0.1) is 0 Å². The second-order valence-electron chi connectivity index (χ2n) is 3.72. The molecule has 0 fully saturated rings. The maximum Gasteiger partial charge on any atom is 0.224 e. The Bertz CT molecular complexity index is 707. The normalized spacial score (nSPS) is 10.8. The molecule has 0 radical (unpaired) electrons. The van der Waals surface area contributed by atoms with E-state index in [2.05, 4.69) is 36.2 Å². The molecule has 1 N–H and O–H groups in total. The molecular weight excluding hydrogens is 294 g/mol. The number of nitrogens with one attached hydrogen (secondary N) is 1. The van der Waals surface area contributed by atoms with E-state index in [9.17, 15) is 0 Å². The smallest absolute Gasteiger partial charge is 0.224 e. The standard InChI is InChI=1S/C12H10BrN5/c1-14-12-15-6-8(13)11(17-12)18-7-16-9-4-2-3-5-10(9)18/h2-7H,1H3,(H,14,15,17). The van der Waals surface area contributed by atoms with Crippen molar-refractivity contribution >= 4 is 32.9 Å². The molecule has 2 heterocycles. The van der Waals surface area contributed by atoms with Gasteiger partial charge in [-0.1, -0.05) is 12.1 Å². The van der Waals surface area contributed by atoms with E-state index in [1.54, 1.807) is 19.6 Å². The highest BCUT2D eigenvalue weighted by molar-refractivity contribution is 9.10. The largest absolute Gasteiger partial charge is 0.357 e. The molecule has 0 bridgehead atoms. The number of aromatic nitrogens is 4. The predicted molar refractivity (Wildman–Crippen MR) is 73.9 cm³/mol. The van der Waals surface area contributed by atoms with Gasteiger partial charge in [-0.05, 0) is 28.1 Å². The van der Waals surface area contributed by atoms with E-state index in [4.69, 9.17) is 0 Å². The first kappa shape index (κ1) is 11.2. The van der Waals surface area contributed by atoms with Crippen molar-refractivity contribution in [1.29, 1.82) is 0 Å². The van der Waals surface area contributed by atoms with Crippen LogP contribution in [0.5, 0.6) is 0 Å². The predicted octanol–water partition coefficient (Wildman–Crippen LogP) is 2.62. The molecule has 3 aromatic rings. The van der Waals surface area contributed by atoms with Crippen LogP contribution in [0.25, 0.3) is 16.9 Å². The maximum atomic E-state index is 4.44. The fraction of sp³-hybridized carbons (Fsp3) is 0.0833. The Labute approximate surface area is 112 Å². The summed E-state index contributed by atoms with van der Waals surface area (Å²) in [6, 6.07) is 7.93. The van der Waals surface area contributed by atoms with E-state index in [-0.39, 0.29) is 0 Å². The molecule has 5 nitrogen and oxygen atoms in total. The van der Waals surface area contributed by atoms with Crippen LogP contribution in [0.4, 0.5) is 5.95 Å². The lowest BCUT2D eigenvalue weighted by atomic mass is 10.3. The number of anilines is 1. The Morgan fingerprint density at radius 3 is 2.89 bits per heavy atom. The van der Waals surface area contributed by atoms with E-state index in [1.807, 2.05) is 28.8 Å². The van der Waals surface area contributed by atoms with E-state index >= 15 is 0 Å². The van der Waals surface area contributed by atoms with Crippen molar-refractivity contribution in [3.05, 3.63) is 41.3 Å². The third kappa shape index (κ3) is 1.74. The summed E-state index contributed by atoms with van der Waals surface area (Å²) in [5.74, 6) is 1.34. The first-order valence-corrected chi connectivity index (χ1v) is 6.21. The molecule has 0 atom stereocenters. The summed E-state index contributed by atoms with van der Waals surface area (Å²) >= 11 is 3.47. The summed E-state index contributed by atoms with van der Waals surface area (Å²) in [6.45, 7) is 0. The summed E-state index contributed by atoms with van der Waals surface area (Å²) in [4.78, 5) is 12.9. The van der Waals surface area contributed by atoms with Gasteiger partial charge in [0, 0.05) is 13.2 Å². The number of rotatable bonds is 2. The van der Waals surface area contributed by atoms with Crippen LogP contribution in [-0.2, 0) is 0 Å². The Kier molecular flexibility index (Phi) is 2.71. The second-order valence-corrected chi connectivity index (χ2v) is 4.57. The minimum atomic E-state index is 0.575. The van der Waals surface area contributed by atoms with Crippen molar-refractivity contribution < 1.29 is 0 Å². The Morgan fingerprint density at radius 2 is 2.06 bits per heavy atom. The summed E-state index contributed by atoms with van der Waals surface area (Å²) in [6.07, 6.45) is 3.49. The van der Waals surface area contributed by atoms with E-state index in [1.165, 1.54) is 0 Å². The van der Waals surface area contributed by atoms with Gasteiger partial charge in [-0.15, -0.1) is 0 Å². The molecule has 0 spiro atoms. The molecule has 3 rings (SSSR count). The topological polar surface area (TPSA) is 55.6 Å². The van der Waals surface area contributed by atoms with Gasteiger partial charge in [-0.25, -0.2) is 9.97 Å². The SMILES string of the molecule is CNc1ncc(Br)c(-n2cnc3ccccc32)n1. The van der Waals surface area contributed by atoms with Crippen molar-refractivity contribution in [1.82, 2.24) is 19.5 Å². The van der Waals surface area contributed by atoms with E-state index in [0.717, 1.165) is 21.3 Å². The summed E-state index contributed by atoms with van der Waals surface area (Å²) in [5, 5.41) is 2.93. The minimum Gasteiger partial charge on any atom is -0.357 e. The summed E-state index contributed by atoms with van der Waals surface area (Å²) < 4.78 is 2.76. The Morgan fingerprint density at radius 1 is 1.22 bits per heavy atom.